The van der Waals surface area contributed by atoms with Crippen LogP contribution in [0.15, 0.2) is 42.6 Å². The van der Waals surface area contributed by atoms with E-state index in [0.29, 0.717) is 17.2 Å². The topological polar surface area (TPSA) is 117 Å². The van der Waals surface area contributed by atoms with Gasteiger partial charge in [-0.15, -0.1) is 0 Å². The van der Waals surface area contributed by atoms with Gasteiger partial charge in [0.25, 0.3) is 0 Å². The molecule has 2 aromatic carbocycles. The summed E-state index contributed by atoms with van der Waals surface area (Å²) in [5, 5.41) is 33.6. The molecule has 0 spiro atoms. The van der Waals surface area contributed by atoms with Gasteiger partial charge in [0.2, 0.25) is 6.29 Å². The predicted octanol–water partition coefficient (Wildman–Crippen LogP) is 1.49. The highest BCUT2D eigenvalue weighted by molar-refractivity contribution is 6.30. The molecule has 5 unspecified atom stereocenters. The van der Waals surface area contributed by atoms with Crippen LogP contribution < -0.4 is 15.8 Å². The third kappa shape index (κ3) is 5.23. The molecule has 1 heterocycles. The zero-order valence-electron chi connectivity index (χ0n) is 15.9. The average Bonchev–Trinajstić information content (AvgIpc) is 2.73. The van der Waals surface area contributed by atoms with E-state index in [1.165, 1.54) is 6.07 Å². The maximum Gasteiger partial charge on any atom is 0.228 e. The number of rotatable bonds is 6. The minimum absolute atomic E-state index is 0.162. The van der Waals surface area contributed by atoms with E-state index >= 15 is 0 Å². The van der Waals surface area contributed by atoms with Crippen LogP contribution in [0.4, 0.5) is 13.2 Å². The van der Waals surface area contributed by atoms with Crippen LogP contribution >= 0.6 is 11.6 Å². The Balaban J connectivity index is 1.80. The van der Waals surface area contributed by atoms with Crippen molar-refractivity contribution >= 4 is 17.3 Å². The summed E-state index contributed by atoms with van der Waals surface area (Å²) in [6.07, 6.45) is -4.20. The lowest BCUT2D eigenvalue weighted by molar-refractivity contribution is -0.250. The maximum atomic E-state index is 13.4. The fraction of sp³-hybridized carbons (Fsp3) is 0.300. The first-order valence-electron chi connectivity index (χ1n) is 9.12. The molecule has 0 radical (unpaired) electrons. The number of ether oxygens (including phenoxy) is 2. The van der Waals surface area contributed by atoms with Crippen molar-refractivity contribution in [2.45, 2.75) is 30.6 Å². The van der Waals surface area contributed by atoms with Crippen molar-refractivity contribution in [1.82, 2.24) is 5.32 Å². The molecule has 1 saturated heterocycles. The van der Waals surface area contributed by atoms with Crippen molar-refractivity contribution in [3.63, 3.8) is 0 Å². The number of nitrogens with one attached hydrogen (secondary N) is 1. The van der Waals surface area contributed by atoms with E-state index in [4.69, 9.17) is 26.8 Å². The van der Waals surface area contributed by atoms with Crippen molar-refractivity contribution in [2.75, 3.05) is 6.61 Å². The summed E-state index contributed by atoms with van der Waals surface area (Å²) in [5.74, 6) is -4.21. The summed E-state index contributed by atoms with van der Waals surface area (Å²) in [7, 11) is 0. The van der Waals surface area contributed by atoms with Crippen LogP contribution in [-0.2, 0) is 4.74 Å². The van der Waals surface area contributed by atoms with Crippen LogP contribution in [-0.4, -0.2) is 52.6 Å². The SMILES string of the molecule is N/C(=C\NC1C(O)C(CO)OC(Oc2cccc(Cl)c2)C1O)c1cc(F)c(F)c(F)c1. The molecule has 0 bridgehead atoms. The first-order valence-corrected chi connectivity index (χ1v) is 9.50. The van der Waals surface area contributed by atoms with Gasteiger partial charge < -0.3 is 35.8 Å². The lowest BCUT2D eigenvalue weighted by Gasteiger charge is -2.42. The zero-order chi connectivity index (χ0) is 22.7. The second kappa shape index (κ2) is 9.75. The number of aliphatic hydroxyl groups excluding tert-OH is 3. The molecule has 1 aliphatic rings. The Bertz CT molecular complexity index is 941. The maximum absolute atomic E-state index is 13.4. The Kier molecular flexibility index (Phi) is 7.29. The van der Waals surface area contributed by atoms with E-state index in [9.17, 15) is 28.5 Å². The lowest BCUT2D eigenvalue weighted by Crippen LogP contribution is -2.64. The molecule has 31 heavy (non-hydrogen) atoms. The van der Waals surface area contributed by atoms with Crippen LogP contribution in [0.5, 0.6) is 5.75 Å². The van der Waals surface area contributed by atoms with Crippen LogP contribution in [0.1, 0.15) is 5.56 Å². The highest BCUT2D eigenvalue weighted by atomic mass is 35.5. The molecular weight excluding hydrogens is 441 g/mol. The summed E-state index contributed by atoms with van der Waals surface area (Å²) in [6, 6.07) is 6.53. The van der Waals surface area contributed by atoms with Crippen LogP contribution in [0, 0.1) is 17.5 Å². The monoisotopic (exact) mass is 460 g/mol. The molecule has 5 atom stereocenters. The summed E-state index contributed by atoms with van der Waals surface area (Å²) in [6.45, 7) is -0.588. The van der Waals surface area contributed by atoms with Gasteiger partial charge in [-0.1, -0.05) is 17.7 Å². The van der Waals surface area contributed by atoms with Gasteiger partial charge in [0.05, 0.1) is 18.3 Å². The quantitative estimate of drug-likeness (QED) is 0.415. The average molecular weight is 461 g/mol. The standard InChI is InChI=1S/C20H20ClF3N2O5/c21-10-2-1-3-11(6-10)30-20-19(29)17(18(28)15(8-27)31-20)26-7-14(25)9-4-12(22)16(24)13(23)5-9/h1-7,15,17-20,26-29H,8,25H2/b14-7-. The van der Waals surface area contributed by atoms with Gasteiger partial charge in [0.15, 0.2) is 17.5 Å². The fourth-order valence-electron chi connectivity index (χ4n) is 3.05. The number of hydrogen-bond acceptors (Lipinski definition) is 7. The van der Waals surface area contributed by atoms with Gasteiger partial charge in [-0.2, -0.15) is 0 Å². The van der Waals surface area contributed by atoms with E-state index in [0.717, 1.165) is 6.20 Å². The second-order valence-corrected chi connectivity index (χ2v) is 7.26. The van der Waals surface area contributed by atoms with Gasteiger partial charge >= 0.3 is 0 Å². The molecule has 168 valence electrons. The van der Waals surface area contributed by atoms with Crippen molar-refractivity contribution in [1.29, 1.82) is 0 Å². The van der Waals surface area contributed by atoms with Crippen molar-refractivity contribution in [3.05, 3.63) is 70.6 Å². The van der Waals surface area contributed by atoms with Crippen molar-refractivity contribution in [3.8, 4) is 5.75 Å². The summed E-state index contributed by atoms with van der Waals surface area (Å²) in [5.41, 5.74) is 5.43. The molecule has 0 aromatic heterocycles. The molecule has 6 N–H and O–H groups in total. The Morgan fingerprint density at radius 2 is 1.84 bits per heavy atom. The highest BCUT2D eigenvalue weighted by Crippen LogP contribution is 2.26. The Morgan fingerprint density at radius 3 is 2.45 bits per heavy atom. The molecule has 1 aliphatic heterocycles. The number of halogens is 4. The largest absolute Gasteiger partial charge is 0.462 e. The summed E-state index contributed by atoms with van der Waals surface area (Å²) < 4.78 is 51.0. The minimum Gasteiger partial charge on any atom is -0.462 e. The van der Waals surface area contributed by atoms with Crippen LogP contribution in [0.25, 0.3) is 5.70 Å². The molecule has 0 saturated carbocycles. The second-order valence-electron chi connectivity index (χ2n) is 6.83. The third-order valence-electron chi connectivity index (χ3n) is 4.68. The number of hydrogen-bond donors (Lipinski definition) is 5. The van der Waals surface area contributed by atoms with Crippen molar-refractivity contribution < 1.29 is 38.0 Å². The summed E-state index contributed by atoms with van der Waals surface area (Å²) in [4.78, 5) is 0. The molecule has 0 amide bonds. The molecule has 2 aromatic rings. The highest BCUT2D eigenvalue weighted by Gasteiger charge is 2.45. The molecule has 0 aliphatic carbocycles. The van der Waals surface area contributed by atoms with Gasteiger partial charge in [0.1, 0.15) is 24.1 Å². The fourth-order valence-corrected chi connectivity index (χ4v) is 3.23. The normalized spacial score (nSPS) is 26.5. The van der Waals surface area contributed by atoms with Gasteiger partial charge in [0, 0.05) is 16.8 Å². The van der Waals surface area contributed by atoms with E-state index in [-0.39, 0.29) is 17.0 Å². The van der Waals surface area contributed by atoms with E-state index < -0.39 is 54.7 Å². The molecule has 1 fully saturated rings. The molecule has 7 nitrogen and oxygen atoms in total. The van der Waals surface area contributed by atoms with E-state index in [1.54, 1.807) is 18.2 Å². The smallest absolute Gasteiger partial charge is 0.228 e. The Hall–Kier alpha value is -2.50. The minimum atomic E-state index is -1.63. The number of aliphatic hydroxyl groups is 3. The van der Waals surface area contributed by atoms with E-state index in [1.807, 2.05) is 0 Å². The Morgan fingerprint density at radius 1 is 1.16 bits per heavy atom. The predicted molar refractivity (Wildman–Crippen MR) is 105 cm³/mol. The number of nitrogens with two attached hydrogens (primary N) is 1. The van der Waals surface area contributed by atoms with Gasteiger partial charge in [-0.3, -0.25) is 0 Å². The lowest BCUT2D eigenvalue weighted by atomic mass is 9.96. The van der Waals surface area contributed by atoms with Crippen molar-refractivity contribution in [2.24, 2.45) is 5.73 Å². The van der Waals surface area contributed by atoms with E-state index in [2.05, 4.69) is 5.32 Å². The van der Waals surface area contributed by atoms with Gasteiger partial charge in [-0.05, 0) is 30.3 Å². The zero-order valence-corrected chi connectivity index (χ0v) is 16.6. The van der Waals surface area contributed by atoms with Crippen LogP contribution in [0.2, 0.25) is 5.02 Å². The van der Waals surface area contributed by atoms with Crippen LogP contribution in [0.3, 0.4) is 0 Å². The third-order valence-corrected chi connectivity index (χ3v) is 4.92. The Labute approximate surface area is 180 Å². The molecule has 3 rings (SSSR count). The molecule has 11 heteroatoms. The first kappa shape index (κ1) is 23.2. The summed E-state index contributed by atoms with van der Waals surface area (Å²) >= 11 is 5.91. The molecular formula is C20H20ClF3N2O5. The first-order chi connectivity index (χ1) is 14.7. The van der Waals surface area contributed by atoms with Gasteiger partial charge in [-0.25, -0.2) is 13.2 Å². The number of benzene rings is 2.